The average molecular weight is 512 g/mol. The second-order valence-electron chi connectivity index (χ2n) is 8.27. The number of benzene rings is 1. The van der Waals surface area contributed by atoms with Crippen LogP contribution in [0.2, 0.25) is 0 Å². The third-order valence-corrected chi connectivity index (χ3v) is 8.22. The lowest BCUT2D eigenvalue weighted by molar-refractivity contribution is -0.132. The normalized spacial score (nSPS) is 17.3. The largest absolute Gasteiger partial charge is 0.494 e. The molecule has 1 aromatic carbocycles. The Morgan fingerprint density at radius 2 is 2.00 bits per heavy atom. The van der Waals surface area contributed by atoms with Crippen molar-refractivity contribution < 1.29 is 27.5 Å². The fourth-order valence-corrected chi connectivity index (χ4v) is 6.38. The molecule has 0 spiro atoms. The van der Waals surface area contributed by atoms with Gasteiger partial charge in [0.15, 0.2) is 14.6 Å². The summed E-state index contributed by atoms with van der Waals surface area (Å²) in [6.07, 6.45) is 3.58. The highest BCUT2D eigenvalue weighted by Gasteiger charge is 2.29. The second-order valence-corrected chi connectivity index (χ2v) is 11.3. The number of aromatic nitrogens is 1. The highest BCUT2D eigenvalue weighted by molar-refractivity contribution is 7.92. The second kappa shape index (κ2) is 11.9. The molecule has 0 N–H and O–H groups in total. The molecule has 1 saturated heterocycles. The van der Waals surface area contributed by atoms with E-state index in [1.54, 1.807) is 12.0 Å². The fraction of sp³-hybridized carbons (Fsp3) is 0.609. The van der Waals surface area contributed by atoms with E-state index in [1.807, 2.05) is 36.6 Å². The molecule has 188 valence electrons. The number of fused-ring (bicyclic) bond motifs is 1. The summed E-state index contributed by atoms with van der Waals surface area (Å²) in [5.41, 5.74) is 0.853. The number of carbonyl (C=O) groups excluding carboxylic acids is 2. The number of hydrogen-bond donors (Lipinski definition) is 0. The predicted octanol–water partition coefficient (Wildman–Crippen LogP) is 2.38. The maximum absolute atomic E-state index is 12.7. The van der Waals surface area contributed by atoms with Crippen molar-refractivity contribution in [2.45, 2.75) is 52.1 Å². The van der Waals surface area contributed by atoms with Gasteiger partial charge in [-0.3, -0.25) is 9.59 Å². The SMILES string of the molecule is CCOc1ccc2c(c1)sc(=NC(=O)CS(=O)(=O)CC(=O)N1CCCCC1CC)n2CCOC. The molecule has 2 amide bonds. The molecule has 34 heavy (non-hydrogen) atoms. The summed E-state index contributed by atoms with van der Waals surface area (Å²) in [5, 5.41) is 0. The van der Waals surface area contributed by atoms with Crippen molar-refractivity contribution in [1.82, 2.24) is 9.47 Å². The van der Waals surface area contributed by atoms with E-state index in [1.165, 1.54) is 11.3 Å². The number of carbonyl (C=O) groups is 2. The van der Waals surface area contributed by atoms with E-state index < -0.39 is 33.2 Å². The fourth-order valence-electron chi connectivity index (χ4n) is 4.20. The van der Waals surface area contributed by atoms with Crippen molar-refractivity contribution >= 4 is 43.2 Å². The molecule has 1 aliphatic heterocycles. The maximum Gasteiger partial charge on any atom is 0.263 e. The minimum atomic E-state index is -3.94. The smallest absolute Gasteiger partial charge is 0.263 e. The van der Waals surface area contributed by atoms with Gasteiger partial charge in [0.2, 0.25) is 5.91 Å². The number of nitrogens with zero attached hydrogens (tertiary/aromatic N) is 3. The zero-order valence-corrected chi connectivity index (χ0v) is 21.6. The quantitative estimate of drug-likeness (QED) is 0.485. The Morgan fingerprint density at radius 3 is 2.71 bits per heavy atom. The van der Waals surface area contributed by atoms with Crippen molar-refractivity contribution in [2.24, 2.45) is 4.99 Å². The molecule has 0 radical (unpaired) electrons. The number of rotatable bonds is 10. The van der Waals surface area contributed by atoms with Crippen LogP contribution in [0.15, 0.2) is 23.2 Å². The van der Waals surface area contributed by atoms with Crippen molar-refractivity contribution in [2.75, 3.05) is 38.4 Å². The summed E-state index contributed by atoms with van der Waals surface area (Å²) < 4.78 is 38.7. The molecule has 1 unspecified atom stereocenters. The first-order valence-electron chi connectivity index (χ1n) is 11.6. The number of sulfone groups is 1. The first kappa shape index (κ1) is 26.4. The molecular weight excluding hydrogens is 478 g/mol. The van der Waals surface area contributed by atoms with Gasteiger partial charge in [-0.05, 0) is 50.8 Å². The van der Waals surface area contributed by atoms with Crippen LogP contribution in [-0.4, -0.2) is 74.1 Å². The number of thiazole rings is 1. The summed E-state index contributed by atoms with van der Waals surface area (Å²) >= 11 is 1.28. The van der Waals surface area contributed by atoms with Crippen LogP contribution in [0.4, 0.5) is 0 Å². The Labute approximate surface area is 204 Å². The lowest BCUT2D eigenvalue weighted by atomic mass is 10.0. The minimum Gasteiger partial charge on any atom is -0.494 e. The summed E-state index contributed by atoms with van der Waals surface area (Å²) in [5.74, 6) is -1.98. The summed E-state index contributed by atoms with van der Waals surface area (Å²) in [7, 11) is -2.36. The Hall–Kier alpha value is -2.24. The Balaban J connectivity index is 1.80. The molecule has 11 heteroatoms. The molecule has 1 aliphatic rings. The van der Waals surface area contributed by atoms with Crippen LogP contribution in [-0.2, 0) is 30.7 Å². The van der Waals surface area contributed by atoms with Gasteiger partial charge in [0, 0.05) is 26.2 Å². The summed E-state index contributed by atoms with van der Waals surface area (Å²) in [6.45, 7) is 5.85. The summed E-state index contributed by atoms with van der Waals surface area (Å²) in [4.78, 5) is 31.5. The van der Waals surface area contributed by atoms with E-state index in [9.17, 15) is 18.0 Å². The first-order chi connectivity index (χ1) is 16.3. The Kier molecular flexibility index (Phi) is 9.26. The highest BCUT2D eigenvalue weighted by atomic mass is 32.2. The van der Waals surface area contributed by atoms with Crippen LogP contribution >= 0.6 is 11.3 Å². The van der Waals surface area contributed by atoms with Crippen LogP contribution in [0.5, 0.6) is 5.75 Å². The van der Waals surface area contributed by atoms with Crippen LogP contribution < -0.4 is 9.54 Å². The van der Waals surface area contributed by atoms with Gasteiger partial charge >= 0.3 is 0 Å². The lowest BCUT2D eigenvalue weighted by Gasteiger charge is -2.35. The van der Waals surface area contributed by atoms with E-state index in [0.717, 1.165) is 35.9 Å². The zero-order valence-electron chi connectivity index (χ0n) is 20.0. The van der Waals surface area contributed by atoms with E-state index in [4.69, 9.17) is 9.47 Å². The lowest BCUT2D eigenvalue weighted by Crippen LogP contribution is -2.46. The van der Waals surface area contributed by atoms with Crippen LogP contribution in [0.25, 0.3) is 10.2 Å². The van der Waals surface area contributed by atoms with Crippen molar-refractivity contribution in [1.29, 1.82) is 0 Å². The van der Waals surface area contributed by atoms with Gasteiger partial charge in [0.1, 0.15) is 17.3 Å². The number of ether oxygens (including phenoxy) is 2. The molecular formula is C23H33N3O6S2. The van der Waals surface area contributed by atoms with Crippen molar-refractivity contribution in [3.8, 4) is 5.75 Å². The van der Waals surface area contributed by atoms with E-state index in [0.29, 0.717) is 36.9 Å². The topological polar surface area (TPSA) is 107 Å². The standard InChI is InChI=1S/C23H33N3O6S2/c1-4-17-8-6-7-11-25(17)22(28)16-34(29,30)15-21(27)24-23-26(12-13-31-3)19-10-9-18(32-5-2)14-20(19)33-23/h9-10,14,17H,4-8,11-13,15-16H2,1-3H3. The molecule has 1 aromatic heterocycles. The van der Waals surface area contributed by atoms with Gasteiger partial charge in [-0.1, -0.05) is 18.3 Å². The minimum absolute atomic E-state index is 0.0664. The van der Waals surface area contributed by atoms with Crippen molar-refractivity contribution in [3.05, 3.63) is 23.0 Å². The first-order valence-corrected chi connectivity index (χ1v) is 14.2. The van der Waals surface area contributed by atoms with Crippen molar-refractivity contribution in [3.63, 3.8) is 0 Å². The molecule has 0 bridgehead atoms. The molecule has 2 aromatic rings. The molecule has 1 fully saturated rings. The molecule has 1 atom stereocenters. The van der Waals surface area contributed by atoms with Gasteiger partial charge in [-0.25, -0.2) is 8.42 Å². The van der Waals surface area contributed by atoms with Gasteiger partial charge in [-0.2, -0.15) is 4.99 Å². The van der Waals surface area contributed by atoms with Crippen LogP contribution in [0.3, 0.4) is 0 Å². The van der Waals surface area contributed by atoms with Crippen LogP contribution in [0, 0.1) is 0 Å². The Morgan fingerprint density at radius 1 is 1.21 bits per heavy atom. The number of methoxy groups -OCH3 is 1. The van der Waals surface area contributed by atoms with Gasteiger partial charge in [-0.15, -0.1) is 0 Å². The predicted molar refractivity (Wildman–Crippen MR) is 132 cm³/mol. The third kappa shape index (κ3) is 6.67. The monoisotopic (exact) mass is 511 g/mol. The summed E-state index contributed by atoms with van der Waals surface area (Å²) in [6, 6.07) is 5.66. The number of amides is 2. The zero-order chi connectivity index (χ0) is 24.7. The molecule has 2 heterocycles. The van der Waals surface area contributed by atoms with E-state index in [-0.39, 0.29) is 6.04 Å². The van der Waals surface area contributed by atoms with E-state index >= 15 is 0 Å². The molecule has 0 saturated carbocycles. The number of piperidine rings is 1. The van der Waals surface area contributed by atoms with E-state index in [2.05, 4.69) is 4.99 Å². The highest BCUT2D eigenvalue weighted by Crippen LogP contribution is 2.24. The average Bonchev–Trinajstić information content (AvgIpc) is 3.12. The molecule has 0 aliphatic carbocycles. The third-order valence-electron chi connectivity index (χ3n) is 5.81. The van der Waals surface area contributed by atoms with Gasteiger partial charge in [0.25, 0.3) is 5.91 Å². The molecule has 9 nitrogen and oxygen atoms in total. The number of likely N-dealkylation sites (tertiary alicyclic amines) is 1. The Bertz CT molecular complexity index is 1190. The van der Waals surface area contributed by atoms with Gasteiger partial charge in [0.05, 0.1) is 23.4 Å². The maximum atomic E-state index is 12.7. The van der Waals surface area contributed by atoms with Gasteiger partial charge < -0.3 is 18.9 Å². The van der Waals surface area contributed by atoms with Crippen LogP contribution in [0.1, 0.15) is 39.5 Å². The molecule has 3 rings (SSSR count). The number of hydrogen-bond acceptors (Lipinski definition) is 7.